The van der Waals surface area contributed by atoms with E-state index in [0.717, 1.165) is 94.5 Å². The molecule has 0 radical (unpaired) electrons. The number of nitro groups is 2. The molecule has 0 aliphatic carbocycles. The normalized spacial score (nSPS) is 16.8. The number of aromatic nitrogens is 5. The van der Waals surface area contributed by atoms with E-state index < -0.39 is 21.8 Å². The third-order valence-electron chi connectivity index (χ3n) is 13.9. The molecule has 8 aromatic rings. The van der Waals surface area contributed by atoms with Crippen molar-refractivity contribution in [2.45, 2.75) is 92.0 Å². The van der Waals surface area contributed by atoms with Crippen LogP contribution in [0.1, 0.15) is 83.1 Å². The number of anilines is 3. The number of halogens is 2. The molecular weight excluding hydrogens is 1460 g/mol. The van der Waals surface area contributed by atoms with Crippen molar-refractivity contribution in [2.75, 3.05) is 82.2 Å². The van der Waals surface area contributed by atoms with Crippen molar-refractivity contribution >= 4 is 96.4 Å². The number of benzene rings is 3. The number of nitriles is 1. The van der Waals surface area contributed by atoms with E-state index >= 15 is 0 Å². The smallest absolute Gasteiger partial charge is 1.00 e. The number of nitrogens with one attached hydrogen (secondary N) is 1. The van der Waals surface area contributed by atoms with Crippen LogP contribution in [0.5, 0.6) is 11.5 Å². The summed E-state index contributed by atoms with van der Waals surface area (Å²) in [6, 6.07) is 30.4. The molecule has 5 aromatic heterocycles. The van der Waals surface area contributed by atoms with Crippen molar-refractivity contribution < 1.29 is 207 Å². The van der Waals surface area contributed by atoms with Crippen LogP contribution >= 0.6 is 27.5 Å². The summed E-state index contributed by atoms with van der Waals surface area (Å²) in [6.07, 6.45) is 8.67. The molecule has 3 aliphatic rings. The summed E-state index contributed by atoms with van der Waals surface area (Å²) >= 11 is 8.80. The van der Waals surface area contributed by atoms with Crippen molar-refractivity contribution in [2.24, 2.45) is 0 Å². The summed E-state index contributed by atoms with van der Waals surface area (Å²) in [4.78, 5) is 79.8. The van der Waals surface area contributed by atoms with Crippen molar-refractivity contribution in [1.29, 1.82) is 5.26 Å². The van der Waals surface area contributed by atoms with Gasteiger partial charge in [-0.1, -0.05) is 41.9 Å². The number of fused-ring (bicyclic) bond motifs is 2. The zero-order valence-electron chi connectivity index (χ0n) is 59.6. The number of nitrogens with zero attached hydrogens (tertiary/aromatic N) is 10. The molecule has 526 valence electrons. The van der Waals surface area contributed by atoms with Gasteiger partial charge < -0.3 is 71.1 Å². The van der Waals surface area contributed by atoms with E-state index in [1.807, 2.05) is 74.5 Å². The quantitative estimate of drug-likeness (QED) is 0.0332. The number of nitrogen functional groups attached to an aromatic ring is 1. The van der Waals surface area contributed by atoms with E-state index in [4.69, 9.17) is 65.8 Å². The van der Waals surface area contributed by atoms with Crippen LogP contribution in [0.2, 0.25) is 5.15 Å². The Morgan fingerprint density at radius 2 is 1.09 bits per heavy atom. The fourth-order valence-electron chi connectivity index (χ4n) is 9.91. The average molecular weight is 1540 g/mol. The Morgan fingerprint density at radius 3 is 1.47 bits per heavy atom. The second kappa shape index (κ2) is 49.2. The van der Waals surface area contributed by atoms with Gasteiger partial charge in [-0.3, -0.25) is 35.0 Å². The first kappa shape index (κ1) is 93.4. The van der Waals surface area contributed by atoms with Gasteiger partial charge in [-0.25, -0.2) is 24.5 Å². The first-order chi connectivity index (χ1) is 46.5. The van der Waals surface area contributed by atoms with E-state index in [1.165, 1.54) is 51.0 Å². The van der Waals surface area contributed by atoms with E-state index in [-0.39, 0.29) is 193 Å². The second-order valence-corrected chi connectivity index (χ2v) is 22.7. The monoisotopic (exact) mass is 1540 g/mol. The summed E-state index contributed by atoms with van der Waals surface area (Å²) in [6.45, 7) is 21.6. The van der Waals surface area contributed by atoms with Crippen LogP contribution in [0.25, 0.3) is 32.9 Å². The Morgan fingerprint density at radius 1 is 0.663 bits per heavy atom. The number of methoxy groups -OCH3 is 2. The van der Waals surface area contributed by atoms with Crippen LogP contribution in [-0.2, 0) is 33.4 Å². The maximum absolute atomic E-state index is 12.1. The van der Waals surface area contributed by atoms with E-state index in [0.29, 0.717) is 52.7 Å². The third kappa shape index (κ3) is 30.2. The minimum absolute atomic E-state index is 0. The van der Waals surface area contributed by atoms with Crippen LogP contribution in [0.4, 0.5) is 28.7 Å². The molecule has 34 heteroatoms. The van der Waals surface area contributed by atoms with E-state index in [9.17, 15) is 29.8 Å². The molecule has 3 aromatic carbocycles. The standard InChI is InChI=1S/C20H16N2O3.C13H12BrNO3.C11H15N3O3.C11H17N3O.C6H13NO.C5H3ClN2O2.CH2O3.2K.Na.H2O.H/c1-3-25-20(23)17-12-22-18-15(5-4-6-16(18)19(17)24-2)14-9-7-13(11-21)8-10-14;1-3-18-13(16)9-7-15-11-8(12(9)17-2)5-4-6-10(11)14;1-8-6-13(7-9(2)17-8)11-4-3-10(5-12-11)14(15)16;1-8-6-14(7-9(2)15-8)11-4-3-10(12)5-13-11;1-5-3-7-4-6(2)8-5;6-5-2-1-4(3-7-5)8(9)10;2-1-4-3;;;;;/h4-10,12H,3H2,1-2H3;4-7H,3H2,1-2H3;3-5,8-9H,6-7H2,1-2H3;3-5,8-9H,6-7,12H2,1-2H3;5-7H,3-4H2,1-2H3;1-3H;1,3H;;;;1H2;/q;;;;;;;3*+1;;-1/p-2/t;;2*8-,9+;5-,6+;;;;;;;. The molecule has 0 spiro atoms. The number of esters is 2. The van der Waals surface area contributed by atoms with Crippen LogP contribution in [0, 0.1) is 31.6 Å². The van der Waals surface area contributed by atoms with Crippen molar-refractivity contribution in [1.82, 2.24) is 30.2 Å². The molecule has 11 rings (SSSR count). The molecule has 29 nitrogen and oxygen atoms in total. The van der Waals surface area contributed by atoms with Gasteiger partial charge in [0.15, 0.2) is 0 Å². The number of hydrogen-bond donors (Lipinski definition) is 2. The molecule has 4 N–H and O–H groups in total. The van der Waals surface area contributed by atoms with Crippen LogP contribution in [0.3, 0.4) is 0 Å². The van der Waals surface area contributed by atoms with Crippen LogP contribution < -0.4 is 168 Å². The zero-order chi connectivity index (χ0) is 71.1. The Kier molecular flexibility index (Phi) is 45.5. The zero-order valence-corrected chi connectivity index (χ0v) is 69.2. The Bertz CT molecular complexity index is 3890. The minimum atomic E-state index is -0.524. The summed E-state index contributed by atoms with van der Waals surface area (Å²) in [5, 5.41) is 43.0. The van der Waals surface area contributed by atoms with Gasteiger partial charge in [0.05, 0.1) is 108 Å². The number of pyridine rings is 5. The number of morpholine rings is 3. The minimum Gasteiger partial charge on any atom is -1.00 e. The van der Waals surface area contributed by atoms with Crippen molar-refractivity contribution in [3.8, 4) is 28.7 Å². The topological polar surface area (TPSA) is 397 Å². The molecule has 0 saturated carbocycles. The molecule has 8 heterocycles. The maximum Gasteiger partial charge on any atom is 1.00 e. The number of hydrogen-bond acceptors (Lipinski definition) is 27. The first-order valence-electron chi connectivity index (χ1n) is 30.4. The van der Waals surface area contributed by atoms with Gasteiger partial charge in [0.1, 0.15) is 51.8 Å². The van der Waals surface area contributed by atoms with Gasteiger partial charge in [0.25, 0.3) is 17.8 Å². The third-order valence-corrected chi connectivity index (χ3v) is 14.7. The predicted molar refractivity (Wildman–Crippen MR) is 369 cm³/mol. The van der Waals surface area contributed by atoms with Gasteiger partial charge in [-0.2, -0.15) is 5.26 Å². The summed E-state index contributed by atoms with van der Waals surface area (Å²) < 4.78 is 38.4. The number of ether oxygens (including phenoxy) is 7. The molecule has 3 saturated heterocycles. The number of rotatable bonds is 12. The van der Waals surface area contributed by atoms with Gasteiger partial charge in [-0.15, -0.1) is 0 Å². The van der Waals surface area contributed by atoms with Gasteiger partial charge in [0.2, 0.25) is 0 Å². The average Bonchev–Trinajstić information content (AvgIpc) is 0.781. The summed E-state index contributed by atoms with van der Waals surface area (Å²) in [7, 11) is 3.05. The molecule has 3 aliphatic heterocycles. The molecule has 6 atom stereocenters. The van der Waals surface area contributed by atoms with Crippen molar-refractivity contribution in [3.05, 3.63) is 175 Å². The molecule has 101 heavy (non-hydrogen) atoms. The largest absolute Gasteiger partial charge is 1.00 e. The summed E-state index contributed by atoms with van der Waals surface area (Å²) in [5.74, 6) is 1.78. The van der Waals surface area contributed by atoms with E-state index in [2.05, 4.69) is 94.6 Å². The Hall–Kier alpha value is -5.57. The maximum atomic E-state index is 12.1. The van der Waals surface area contributed by atoms with Crippen molar-refractivity contribution in [3.63, 3.8) is 0 Å². The molecular formula is C67H79BrClK2N12NaO17. The van der Waals surface area contributed by atoms with Crippen LogP contribution in [-0.4, -0.2) is 162 Å². The second-order valence-electron chi connectivity index (χ2n) is 21.5. The predicted octanol–water partition coefficient (Wildman–Crippen LogP) is 1.43. The molecule has 3 fully saturated rings. The number of carbonyl (C=O) groups is 3. The summed E-state index contributed by atoms with van der Waals surface area (Å²) in [5.41, 5.74) is 10.8. The fraction of sp³-hybridized carbons (Fsp3) is 0.358. The molecule has 0 unspecified atom stereocenters. The number of nitrogens with two attached hydrogens (primary N) is 1. The number of carbonyl (C=O) groups excluding carboxylic acids is 3. The fourth-order valence-corrected chi connectivity index (χ4v) is 10.5. The molecule has 0 amide bonds. The first-order valence-corrected chi connectivity index (χ1v) is 31.6. The van der Waals surface area contributed by atoms with Gasteiger partial charge in [-0.05, 0) is 131 Å². The van der Waals surface area contributed by atoms with E-state index in [1.54, 1.807) is 38.2 Å². The van der Waals surface area contributed by atoms with Gasteiger partial charge >= 0.3 is 144 Å². The van der Waals surface area contributed by atoms with Crippen LogP contribution in [0.15, 0.2) is 133 Å². The SMILES string of the molecule is CCOC(=O)c1cnc2c(-c3ccc(C#N)cc3)cccc2c1OC.CCOC(=O)c1cnc2c(Br)cccc2c1OC.C[C@@H]1CN(c2ccc(N)cn2)C[C@H](C)O1.C[C@@H]1CN(c2ccc([N+](=O)[O-])cn2)C[C@H](C)O1.C[C@@H]1CNC[C@H](C)O1.O=CO[O-].O=[N+]([O-])c1ccc(Cl)nc1.[H-].[K+].[K+].[Na+].[OH-]. The number of para-hydroxylation sites is 2. The molecule has 0 bridgehead atoms. The van der Waals surface area contributed by atoms with Gasteiger partial charge in [0, 0.05) is 84.6 Å². The Balaban J connectivity index is 0.00000121. The Labute approximate surface area is 707 Å².